The molecule has 20 heavy (non-hydrogen) atoms. The molecule has 1 heterocycles. The van der Waals surface area contributed by atoms with Crippen LogP contribution in [0.3, 0.4) is 0 Å². The first-order valence-corrected chi connectivity index (χ1v) is 8.54. The second-order valence-corrected chi connectivity index (χ2v) is 7.65. The first-order valence-electron chi connectivity index (χ1n) is 6.11. The van der Waals surface area contributed by atoms with Gasteiger partial charge in [-0.3, -0.25) is 9.10 Å². The van der Waals surface area contributed by atoms with Crippen molar-refractivity contribution in [2.75, 3.05) is 24.2 Å². The summed E-state index contributed by atoms with van der Waals surface area (Å²) in [5, 5.41) is 3.44. The molecule has 0 radical (unpaired) electrons. The maximum atomic E-state index is 11.9. The molecule has 0 atom stereocenters. The molecule has 2 rings (SSSR count). The molecule has 0 spiro atoms. The summed E-state index contributed by atoms with van der Waals surface area (Å²) in [7, 11) is -0.160. The maximum absolute atomic E-state index is 11.9. The van der Waals surface area contributed by atoms with E-state index in [2.05, 4.69) is 5.32 Å². The van der Waals surface area contributed by atoms with Crippen molar-refractivity contribution in [1.82, 2.24) is 5.32 Å². The van der Waals surface area contributed by atoms with Crippen molar-refractivity contribution in [3.63, 3.8) is 0 Å². The number of nitrogens with one attached hydrogen (secondary N) is 1. The number of anilines is 1. The number of carbonyl (C=O) groups excluding carboxylic acids is 1. The summed E-state index contributed by atoms with van der Waals surface area (Å²) in [4.78, 5) is 12.2. The van der Waals surface area contributed by atoms with Gasteiger partial charge in [-0.25, -0.2) is 8.42 Å². The van der Waals surface area contributed by atoms with Crippen molar-refractivity contribution >= 4 is 43.0 Å². The van der Waals surface area contributed by atoms with E-state index in [1.807, 2.05) is 6.07 Å². The van der Waals surface area contributed by atoms with Crippen molar-refractivity contribution in [3.05, 3.63) is 29.1 Å². The quantitative estimate of drug-likeness (QED) is 0.939. The van der Waals surface area contributed by atoms with Crippen LogP contribution in [0.2, 0.25) is 0 Å². The molecule has 0 aliphatic carbocycles. The van der Waals surface area contributed by atoms with Crippen LogP contribution in [-0.4, -0.2) is 34.2 Å². The third kappa shape index (κ3) is 2.64. The van der Waals surface area contributed by atoms with Gasteiger partial charge in [0.25, 0.3) is 5.91 Å². The van der Waals surface area contributed by atoms with Gasteiger partial charge in [0.2, 0.25) is 10.0 Å². The van der Waals surface area contributed by atoms with Gasteiger partial charge in [0, 0.05) is 18.8 Å². The van der Waals surface area contributed by atoms with Gasteiger partial charge in [-0.1, -0.05) is 0 Å². The van der Waals surface area contributed by atoms with Crippen LogP contribution in [0.25, 0.3) is 10.1 Å². The van der Waals surface area contributed by atoms with Crippen molar-refractivity contribution < 1.29 is 13.2 Å². The largest absolute Gasteiger partial charge is 0.354 e. The molecule has 108 valence electrons. The molecule has 0 fully saturated rings. The monoisotopic (exact) mass is 312 g/mol. The fraction of sp³-hybridized carbons (Fsp3) is 0.308. The smallest absolute Gasteiger partial charge is 0.261 e. The molecule has 1 aromatic carbocycles. The summed E-state index contributed by atoms with van der Waals surface area (Å²) in [6.45, 7) is 1.61. The predicted octanol–water partition coefficient (Wildman–Crippen LogP) is 2.05. The number of amides is 1. The summed E-state index contributed by atoms with van der Waals surface area (Å²) in [6, 6.07) is 7.14. The Morgan fingerprint density at radius 2 is 2.05 bits per heavy atom. The molecule has 1 amide bonds. The second kappa shape index (κ2) is 5.41. The highest BCUT2D eigenvalue weighted by atomic mass is 32.2. The molecule has 1 N–H and O–H groups in total. The zero-order chi connectivity index (χ0) is 14.9. The number of hydrogen-bond donors (Lipinski definition) is 1. The summed E-state index contributed by atoms with van der Waals surface area (Å²) >= 11 is 1.38. The first kappa shape index (κ1) is 14.8. The van der Waals surface area contributed by atoms with Gasteiger partial charge in [-0.15, -0.1) is 11.3 Å². The van der Waals surface area contributed by atoms with E-state index in [0.717, 1.165) is 10.1 Å². The number of carbonyl (C=O) groups is 1. The molecule has 0 saturated heterocycles. The van der Waals surface area contributed by atoms with Crippen LogP contribution < -0.4 is 9.62 Å². The zero-order valence-electron chi connectivity index (χ0n) is 11.5. The highest BCUT2D eigenvalue weighted by molar-refractivity contribution is 7.92. The normalized spacial score (nSPS) is 11.6. The third-order valence-corrected chi connectivity index (χ3v) is 5.99. The van der Waals surface area contributed by atoms with Crippen LogP contribution in [0.15, 0.2) is 24.3 Å². The van der Waals surface area contributed by atoms with Gasteiger partial charge in [0.15, 0.2) is 0 Å². The minimum Gasteiger partial charge on any atom is -0.354 e. The van der Waals surface area contributed by atoms with E-state index in [4.69, 9.17) is 0 Å². The number of thiophene rings is 1. The van der Waals surface area contributed by atoms with E-state index >= 15 is 0 Å². The molecule has 0 unspecified atom stereocenters. The van der Waals surface area contributed by atoms with E-state index in [0.29, 0.717) is 10.6 Å². The fourth-order valence-electron chi connectivity index (χ4n) is 1.82. The van der Waals surface area contributed by atoms with Crippen LogP contribution in [-0.2, 0) is 10.0 Å². The Hall–Kier alpha value is -1.60. The van der Waals surface area contributed by atoms with E-state index in [9.17, 15) is 13.2 Å². The summed E-state index contributed by atoms with van der Waals surface area (Å²) in [5.74, 6) is -0.0865. The van der Waals surface area contributed by atoms with Crippen molar-refractivity contribution in [1.29, 1.82) is 0 Å². The zero-order valence-corrected chi connectivity index (χ0v) is 13.1. The van der Waals surface area contributed by atoms with E-state index in [-0.39, 0.29) is 11.7 Å². The summed E-state index contributed by atoms with van der Waals surface area (Å²) in [5.41, 5.74) is 0.598. The Morgan fingerprint density at radius 3 is 2.65 bits per heavy atom. The van der Waals surface area contributed by atoms with E-state index < -0.39 is 10.0 Å². The lowest BCUT2D eigenvalue weighted by Crippen LogP contribution is -2.27. The van der Waals surface area contributed by atoms with Crippen molar-refractivity contribution in [2.45, 2.75) is 6.92 Å². The molecule has 0 aliphatic heterocycles. The molecule has 7 heteroatoms. The fourth-order valence-corrected chi connectivity index (χ4v) is 3.63. The molecular weight excluding hydrogens is 296 g/mol. The lowest BCUT2D eigenvalue weighted by molar-refractivity contribution is 0.0967. The SMILES string of the molecule is CCS(=O)(=O)N(C)c1ccc2sc(C(=O)NC)cc2c1. The Labute approximate surface area is 122 Å². The molecule has 1 aromatic heterocycles. The highest BCUT2D eigenvalue weighted by Crippen LogP contribution is 2.30. The number of fused-ring (bicyclic) bond motifs is 1. The average molecular weight is 312 g/mol. The van der Waals surface area contributed by atoms with Gasteiger partial charge < -0.3 is 5.32 Å². The van der Waals surface area contributed by atoms with Gasteiger partial charge in [0.1, 0.15) is 0 Å². The van der Waals surface area contributed by atoms with Crippen molar-refractivity contribution in [3.8, 4) is 0 Å². The minimum atomic E-state index is -3.28. The summed E-state index contributed by atoms with van der Waals surface area (Å²) < 4.78 is 25.9. The molecular formula is C13H16N2O3S2. The first-order chi connectivity index (χ1) is 9.39. The lowest BCUT2D eigenvalue weighted by atomic mass is 10.2. The Morgan fingerprint density at radius 1 is 1.35 bits per heavy atom. The average Bonchev–Trinajstić information content (AvgIpc) is 2.88. The van der Waals surface area contributed by atoms with Gasteiger partial charge in [-0.2, -0.15) is 0 Å². The molecule has 5 nitrogen and oxygen atoms in total. The lowest BCUT2D eigenvalue weighted by Gasteiger charge is -2.18. The number of nitrogens with zero attached hydrogens (tertiary/aromatic N) is 1. The van der Waals surface area contributed by atoms with Crippen LogP contribution in [0.5, 0.6) is 0 Å². The minimum absolute atomic E-state index is 0.0503. The molecule has 0 bridgehead atoms. The Bertz CT molecular complexity index is 750. The Kier molecular flexibility index (Phi) is 4.01. The molecule has 0 saturated carbocycles. The van der Waals surface area contributed by atoms with E-state index in [1.165, 1.54) is 22.7 Å². The summed E-state index contributed by atoms with van der Waals surface area (Å²) in [6.07, 6.45) is 0. The van der Waals surface area contributed by atoms with Crippen molar-refractivity contribution in [2.24, 2.45) is 0 Å². The van der Waals surface area contributed by atoms with Crippen LogP contribution in [0.1, 0.15) is 16.6 Å². The predicted molar refractivity (Wildman–Crippen MR) is 83.1 cm³/mol. The van der Waals surface area contributed by atoms with Crippen LogP contribution >= 0.6 is 11.3 Å². The molecule has 0 aliphatic rings. The third-order valence-electron chi connectivity index (χ3n) is 3.10. The Balaban J connectivity index is 2.46. The van der Waals surface area contributed by atoms with Gasteiger partial charge >= 0.3 is 0 Å². The number of hydrogen-bond acceptors (Lipinski definition) is 4. The van der Waals surface area contributed by atoms with E-state index in [1.54, 1.807) is 32.2 Å². The van der Waals surface area contributed by atoms with Gasteiger partial charge in [0.05, 0.1) is 16.3 Å². The maximum Gasteiger partial charge on any atom is 0.261 e. The van der Waals surface area contributed by atoms with Crippen LogP contribution in [0, 0.1) is 0 Å². The number of benzene rings is 1. The number of rotatable bonds is 4. The van der Waals surface area contributed by atoms with Gasteiger partial charge in [-0.05, 0) is 36.6 Å². The number of sulfonamides is 1. The standard InChI is InChI=1S/C13H16N2O3S2/c1-4-20(17,18)15(3)10-5-6-11-9(7-10)8-12(19-11)13(16)14-2/h5-8H,4H2,1-3H3,(H,14,16). The second-order valence-electron chi connectivity index (χ2n) is 4.28. The topological polar surface area (TPSA) is 66.5 Å². The highest BCUT2D eigenvalue weighted by Gasteiger charge is 2.17. The molecule has 2 aromatic rings. The van der Waals surface area contributed by atoms with Crippen LogP contribution in [0.4, 0.5) is 5.69 Å².